The molecule has 2 aliphatic rings. The summed E-state index contributed by atoms with van der Waals surface area (Å²) in [5, 5.41) is 10.7. The second-order valence-electron chi connectivity index (χ2n) is 14.6. The third-order valence-corrected chi connectivity index (χ3v) is 8.30. The lowest BCUT2D eigenvalue weighted by Crippen LogP contribution is -2.46. The molecule has 5 rings (SSSR count). The molecule has 0 bridgehead atoms. The number of amides is 2. The van der Waals surface area contributed by atoms with Crippen molar-refractivity contribution in [2.75, 3.05) is 26.3 Å². The number of aliphatic hydroxyl groups is 1. The summed E-state index contributed by atoms with van der Waals surface area (Å²) < 4.78 is 27.5. The Balaban J connectivity index is 1.14. The maximum absolute atomic E-state index is 13.0. The van der Waals surface area contributed by atoms with Gasteiger partial charge in [0.05, 0.1) is 6.04 Å². The molecule has 0 spiro atoms. The number of fused-ring (bicyclic) bond motifs is 1. The summed E-state index contributed by atoms with van der Waals surface area (Å²) in [5.41, 5.74) is 0.639. The number of likely N-dealkylation sites (tertiary alicyclic amines) is 2. The van der Waals surface area contributed by atoms with E-state index in [2.05, 4.69) is 4.98 Å². The number of rotatable bonds is 10. The molecule has 3 atom stereocenters. The zero-order valence-corrected chi connectivity index (χ0v) is 29.8. The molecule has 3 heterocycles. The molecule has 3 aromatic rings. The molecule has 274 valence electrons. The first-order valence-corrected chi connectivity index (χ1v) is 17.0. The molecule has 2 aromatic carbocycles. The minimum atomic E-state index is -1.37. The van der Waals surface area contributed by atoms with Crippen molar-refractivity contribution in [3.8, 4) is 11.5 Å². The molecule has 2 aliphatic heterocycles. The molecule has 14 nitrogen and oxygen atoms in total. The Morgan fingerprint density at radius 3 is 2.08 bits per heavy atom. The molecule has 14 heteroatoms. The lowest BCUT2D eigenvalue weighted by atomic mass is 10.1. The second kappa shape index (κ2) is 15.2. The van der Waals surface area contributed by atoms with Gasteiger partial charge in [0.1, 0.15) is 29.4 Å². The largest absolute Gasteiger partial charge is 0.456 e. The number of ether oxygens (including phenoxy) is 4. The Kier molecular flexibility index (Phi) is 11.2. The van der Waals surface area contributed by atoms with Gasteiger partial charge in [0.2, 0.25) is 5.89 Å². The van der Waals surface area contributed by atoms with Crippen LogP contribution in [0.1, 0.15) is 87.9 Å². The standard InChI is InChI=1S/C37H45N3O11/c1-36(2,3)50-34(45)39-17-7-9-26(39)32(43)47-20-28(41)22-11-13-23(14-12-22)31-38-25-19-24(15-16-30(25)49-31)29(42)21-48-33(44)27-10-8-18-40(27)35(46)51-37(4,5)6/h11-16,19,26-27,33,44H,7-10,17-18,20-21H2,1-6H3/t26-,27-,33?/m0/s1. The Morgan fingerprint density at radius 2 is 1.41 bits per heavy atom. The van der Waals surface area contributed by atoms with Crippen molar-refractivity contribution in [1.29, 1.82) is 0 Å². The Bertz CT molecular complexity index is 1770. The van der Waals surface area contributed by atoms with Crippen molar-refractivity contribution < 1.29 is 52.4 Å². The van der Waals surface area contributed by atoms with E-state index in [1.165, 1.54) is 9.80 Å². The van der Waals surface area contributed by atoms with Gasteiger partial charge in [-0.1, -0.05) is 12.1 Å². The first kappa shape index (κ1) is 37.4. The van der Waals surface area contributed by atoms with Crippen LogP contribution in [0.5, 0.6) is 0 Å². The van der Waals surface area contributed by atoms with Crippen LogP contribution in [0.15, 0.2) is 46.9 Å². The molecule has 0 radical (unpaired) electrons. The summed E-state index contributed by atoms with van der Waals surface area (Å²) in [5.74, 6) is -1.21. The SMILES string of the molecule is CC(C)(C)OC(=O)N1CCC[C@H]1C(=O)OCC(=O)c1ccc(-c2nc3cc(C(=O)COC(O)[C@@H]4CCCN4C(=O)OC(C)(C)C)ccc3o2)cc1. The van der Waals surface area contributed by atoms with Crippen molar-refractivity contribution >= 4 is 40.8 Å². The van der Waals surface area contributed by atoms with Crippen LogP contribution in [0.4, 0.5) is 9.59 Å². The minimum Gasteiger partial charge on any atom is -0.456 e. The fraction of sp³-hybridized carbons (Fsp3) is 0.514. The van der Waals surface area contributed by atoms with Gasteiger partial charge in [-0.3, -0.25) is 14.5 Å². The third kappa shape index (κ3) is 9.50. The molecule has 0 saturated carbocycles. The number of nitrogens with zero attached hydrogens (tertiary/aromatic N) is 3. The molecule has 2 amide bonds. The van der Waals surface area contributed by atoms with E-state index in [1.54, 1.807) is 84.0 Å². The molecule has 2 saturated heterocycles. The van der Waals surface area contributed by atoms with Crippen LogP contribution in [0, 0.1) is 0 Å². The number of hydrogen-bond donors (Lipinski definition) is 1. The molecule has 0 aliphatic carbocycles. The van der Waals surface area contributed by atoms with E-state index in [0.717, 1.165) is 0 Å². The van der Waals surface area contributed by atoms with Gasteiger partial charge in [-0.05, 0) is 97.6 Å². The predicted molar refractivity (Wildman–Crippen MR) is 183 cm³/mol. The van der Waals surface area contributed by atoms with E-state index < -0.39 is 72.5 Å². The number of hydrogen-bond acceptors (Lipinski definition) is 12. The summed E-state index contributed by atoms with van der Waals surface area (Å²) in [6.07, 6.45) is -0.258. The molecule has 1 aromatic heterocycles. The Morgan fingerprint density at radius 1 is 0.824 bits per heavy atom. The van der Waals surface area contributed by atoms with E-state index >= 15 is 0 Å². The molecule has 1 N–H and O–H groups in total. The van der Waals surface area contributed by atoms with Gasteiger partial charge in [-0.15, -0.1) is 0 Å². The van der Waals surface area contributed by atoms with Gasteiger partial charge in [0.25, 0.3) is 0 Å². The highest BCUT2D eigenvalue weighted by atomic mass is 16.6. The third-order valence-electron chi connectivity index (χ3n) is 8.30. The summed E-state index contributed by atoms with van der Waals surface area (Å²) >= 11 is 0. The predicted octanol–water partition coefficient (Wildman–Crippen LogP) is 5.54. The van der Waals surface area contributed by atoms with E-state index in [4.69, 9.17) is 23.4 Å². The normalized spacial score (nSPS) is 18.5. The molecule has 51 heavy (non-hydrogen) atoms. The Hall–Kier alpha value is -4.82. The number of aliphatic hydroxyl groups excluding tert-OH is 1. The number of ketones is 2. The van der Waals surface area contributed by atoms with Crippen LogP contribution in [0.3, 0.4) is 0 Å². The monoisotopic (exact) mass is 707 g/mol. The topological polar surface area (TPSA) is 175 Å². The van der Waals surface area contributed by atoms with Crippen LogP contribution in [-0.4, -0.2) is 105 Å². The zero-order valence-electron chi connectivity index (χ0n) is 29.8. The number of oxazole rings is 1. The van der Waals surface area contributed by atoms with Crippen molar-refractivity contribution in [1.82, 2.24) is 14.8 Å². The summed E-state index contributed by atoms with van der Waals surface area (Å²) in [4.78, 5) is 70.9. The molecule has 2 fully saturated rings. The van der Waals surface area contributed by atoms with Crippen LogP contribution >= 0.6 is 0 Å². The van der Waals surface area contributed by atoms with Crippen molar-refractivity contribution in [3.63, 3.8) is 0 Å². The molecule has 1 unspecified atom stereocenters. The highest BCUT2D eigenvalue weighted by molar-refractivity contribution is 6.00. The lowest BCUT2D eigenvalue weighted by Gasteiger charge is -2.30. The number of carbonyl (C=O) groups excluding carboxylic acids is 5. The molecular formula is C37H45N3O11. The number of Topliss-reactive ketones (excluding diaryl/α,β-unsaturated/α-hetero) is 2. The Labute approximate surface area is 296 Å². The first-order chi connectivity index (χ1) is 24.0. The van der Waals surface area contributed by atoms with E-state index in [-0.39, 0.29) is 5.89 Å². The quantitative estimate of drug-likeness (QED) is 0.121. The van der Waals surface area contributed by atoms with Crippen LogP contribution in [0.25, 0.3) is 22.6 Å². The summed E-state index contributed by atoms with van der Waals surface area (Å²) in [6, 6.07) is 9.72. The average Bonchev–Trinajstić information content (AvgIpc) is 3.84. The zero-order chi connectivity index (χ0) is 37.1. The van der Waals surface area contributed by atoms with Crippen LogP contribution < -0.4 is 0 Å². The van der Waals surface area contributed by atoms with Gasteiger partial charge in [0.15, 0.2) is 30.0 Å². The first-order valence-electron chi connectivity index (χ1n) is 17.0. The van der Waals surface area contributed by atoms with Crippen molar-refractivity contribution in [2.24, 2.45) is 0 Å². The fourth-order valence-electron chi connectivity index (χ4n) is 5.88. The maximum Gasteiger partial charge on any atom is 0.411 e. The van der Waals surface area contributed by atoms with Gasteiger partial charge in [-0.25, -0.2) is 19.4 Å². The second-order valence-corrected chi connectivity index (χ2v) is 14.6. The average molecular weight is 708 g/mol. The van der Waals surface area contributed by atoms with Crippen molar-refractivity contribution in [2.45, 2.75) is 96.8 Å². The highest BCUT2D eigenvalue weighted by Gasteiger charge is 2.39. The van der Waals surface area contributed by atoms with E-state index in [9.17, 15) is 29.1 Å². The van der Waals surface area contributed by atoms with Gasteiger partial charge in [0, 0.05) is 29.8 Å². The minimum absolute atomic E-state index is 0.263. The van der Waals surface area contributed by atoms with Crippen molar-refractivity contribution in [3.05, 3.63) is 53.6 Å². The van der Waals surface area contributed by atoms with E-state index in [1.807, 2.05) is 0 Å². The van der Waals surface area contributed by atoms with Gasteiger partial charge < -0.3 is 33.4 Å². The molecular weight excluding hydrogens is 662 g/mol. The van der Waals surface area contributed by atoms with Gasteiger partial charge in [-0.2, -0.15) is 0 Å². The van der Waals surface area contributed by atoms with Crippen LogP contribution in [-0.2, 0) is 23.7 Å². The number of aromatic nitrogens is 1. The smallest absolute Gasteiger partial charge is 0.411 e. The number of benzene rings is 2. The highest BCUT2D eigenvalue weighted by Crippen LogP contribution is 2.27. The summed E-state index contributed by atoms with van der Waals surface area (Å²) in [6.45, 7) is 10.4. The van der Waals surface area contributed by atoms with E-state index in [0.29, 0.717) is 66.6 Å². The lowest BCUT2D eigenvalue weighted by molar-refractivity contribution is -0.147. The summed E-state index contributed by atoms with van der Waals surface area (Å²) in [7, 11) is 0. The maximum atomic E-state index is 13.0. The fourth-order valence-corrected chi connectivity index (χ4v) is 5.88. The van der Waals surface area contributed by atoms with Crippen LogP contribution in [0.2, 0.25) is 0 Å². The van der Waals surface area contributed by atoms with Gasteiger partial charge >= 0.3 is 18.2 Å². The number of carbonyl (C=O) groups is 5. The number of esters is 1.